The van der Waals surface area contributed by atoms with E-state index >= 15 is 0 Å². The van der Waals surface area contributed by atoms with Crippen LogP contribution >= 0.6 is 0 Å². The molecule has 0 saturated carbocycles. The minimum absolute atomic E-state index is 0.168. The van der Waals surface area contributed by atoms with Crippen LogP contribution in [0.2, 0.25) is 0 Å². The highest BCUT2D eigenvalue weighted by Crippen LogP contribution is 2.17. The number of rotatable bonds is 4. The molecule has 3 N–H and O–H groups in total. The first kappa shape index (κ1) is 14.9. The van der Waals surface area contributed by atoms with E-state index in [1.54, 1.807) is 23.6 Å². The van der Waals surface area contributed by atoms with E-state index in [0.29, 0.717) is 13.1 Å². The molecule has 0 spiro atoms. The van der Waals surface area contributed by atoms with Gasteiger partial charge < -0.3 is 10.6 Å². The van der Waals surface area contributed by atoms with Crippen LogP contribution in [-0.2, 0) is 20.1 Å². The minimum atomic E-state index is -0.495. The van der Waals surface area contributed by atoms with Crippen LogP contribution in [0.4, 0.5) is 11.5 Å². The Labute approximate surface area is 121 Å². The van der Waals surface area contributed by atoms with Crippen LogP contribution in [0.3, 0.4) is 0 Å². The normalized spacial score (nSPS) is 10.9. The lowest BCUT2D eigenvalue weighted by Gasteiger charge is -2.20. The van der Waals surface area contributed by atoms with E-state index in [4.69, 9.17) is 5.73 Å². The molecule has 0 aliphatic carbocycles. The molecule has 0 atom stereocenters. The Hall–Kier alpha value is -2.51. The molecule has 0 aliphatic rings. The van der Waals surface area contributed by atoms with Gasteiger partial charge in [0.1, 0.15) is 11.5 Å². The summed E-state index contributed by atoms with van der Waals surface area (Å²) < 4.78 is 3.10. The number of aromatic nitrogens is 4. The zero-order valence-corrected chi connectivity index (χ0v) is 12.7. The SMILES string of the molecule is CCn1c(N)c(N(C)Cc2cc(C)n(C)n2)c(=O)[nH]c1=O. The molecular weight excluding hydrogens is 272 g/mol. The second-order valence-electron chi connectivity index (χ2n) is 4.99. The first-order valence-electron chi connectivity index (χ1n) is 6.68. The van der Waals surface area contributed by atoms with Gasteiger partial charge in [-0.15, -0.1) is 0 Å². The van der Waals surface area contributed by atoms with Crippen molar-refractivity contribution in [3.8, 4) is 0 Å². The van der Waals surface area contributed by atoms with Crippen LogP contribution in [0.15, 0.2) is 15.7 Å². The molecule has 2 aromatic heterocycles. The molecule has 2 rings (SSSR count). The van der Waals surface area contributed by atoms with Crippen molar-refractivity contribution in [2.75, 3.05) is 17.7 Å². The maximum atomic E-state index is 12.0. The number of hydrogen-bond donors (Lipinski definition) is 2. The zero-order chi connectivity index (χ0) is 15.7. The van der Waals surface area contributed by atoms with E-state index in [2.05, 4.69) is 10.1 Å². The Morgan fingerprint density at radius 2 is 2.10 bits per heavy atom. The molecule has 0 bridgehead atoms. The summed E-state index contributed by atoms with van der Waals surface area (Å²) in [7, 11) is 3.60. The van der Waals surface area contributed by atoms with Gasteiger partial charge in [0.05, 0.1) is 12.2 Å². The Kier molecular flexibility index (Phi) is 3.88. The molecule has 0 unspecified atom stereocenters. The monoisotopic (exact) mass is 292 g/mol. The lowest BCUT2D eigenvalue weighted by Crippen LogP contribution is -2.36. The number of aromatic amines is 1. The zero-order valence-electron chi connectivity index (χ0n) is 12.7. The smallest absolute Gasteiger partial charge is 0.330 e. The number of anilines is 2. The van der Waals surface area contributed by atoms with Crippen LogP contribution in [-0.4, -0.2) is 26.4 Å². The quantitative estimate of drug-likeness (QED) is 0.813. The molecule has 2 aromatic rings. The molecule has 114 valence electrons. The van der Waals surface area contributed by atoms with Gasteiger partial charge in [-0.2, -0.15) is 5.10 Å². The third kappa shape index (κ3) is 2.69. The van der Waals surface area contributed by atoms with Gasteiger partial charge in [-0.3, -0.25) is 19.0 Å². The Bertz CT molecular complexity index is 750. The summed E-state index contributed by atoms with van der Waals surface area (Å²) in [6, 6.07) is 1.94. The Morgan fingerprint density at radius 3 is 2.62 bits per heavy atom. The van der Waals surface area contributed by atoms with E-state index in [1.165, 1.54) is 4.57 Å². The molecule has 2 heterocycles. The van der Waals surface area contributed by atoms with E-state index < -0.39 is 11.2 Å². The van der Waals surface area contributed by atoms with Crippen LogP contribution in [0.5, 0.6) is 0 Å². The summed E-state index contributed by atoms with van der Waals surface area (Å²) in [6.07, 6.45) is 0. The van der Waals surface area contributed by atoms with Crippen LogP contribution < -0.4 is 21.9 Å². The summed E-state index contributed by atoms with van der Waals surface area (Å²) in [6.45, 7) is 4.57. The Balaban J connectivity index is 2.41. The molecule has 8 heteroatoms. The fraction of sp³-hybridized carbons (Fsp3) is 0.462. The number of H-pyrrole nitrogens is 1. The molecule has 0 radical (unpaired) electrons. The summed E-state index contributed by atoms with van der Waals surface area (Å²) in [5, 5.41) is 4.35. The van der Waals surface area contributed by atoms with Gasteiger partial charge in [0.25, 0.3) is 5.56 Å². The molecular formula is C13H20N6O2. The van der Waals surface area contributed by atoms with E-state index in [0.717, 1.165) is 11.4 Å². The number of nitrogens with two attached hydrogens (primary N) is 1. The summed E-state index contributed by atoms with van der Waals surface area (Å²) in [4.78, 5) is 27.7. The fourth-order valence-electron chi connectivity index (χ4n) is 2.29. The topological polar surface area (TPSA) is 102 Å². The number of nitrogen functional groups attached to an aromatic ring is 1. The van der Waals surface area contributed by atoms with Crippen molar-refractivity contribution in [1.82, 2.24) is 19.3 Å². The second-order valence-corrected chi connectivity index (χ2v) is 4.99. The molecule has 8 nitrogen and oxygen atoms in total. The van der Waals surface area contributed by atoms with Crippen LogP contribution in [0.1, 0.15) is 18.3 Å². The average Bonchev–Trinajstić information content (AvgIpc) is 2.67. The largest absolute Gasteiger partial charge is 0.383 e. The number of nitrogens with one attached hydrogen (secondary N) is 1. The van der Waals surface area contributed by atoms with Crippen molar-refractivity contribution in [2.45, 2.75) is 26.9 Å². The third-order valence-electron chi connectivity index (χ3n) is 3.48. The van der Waals surface area contributed by atoms with Crippen molar-refractivity contribution in [2.24, 2.45) is 7.05 Å². The lowest BCUT2D eigenvalue weighted by molar-refractivity contribution is 0.693. The maximum Gasteiger partial charge on any atom is 0.330 e. The molecule has 0 fully saturated rings. The first-order valence-corrected chi connectivity index (χ1v) is 6.68. The van der Waals surface area contributed by atoms with Crippen molar-refractivity contribution in [3.05, 3.63) is 38.3 Å². The highest BCUT2D eigenvalue weighted by atomic mass is 16.2. The van der Waals surface area contributed by atoms with Gasteiger partial charge in [-0.05, 0) is 19.9 Å². The van der Waals surface area contributed by atoms with E-state index in [-0.39, 0.29) is 11.5 Å². The van der Waals surface area contributed by atoms with Crippen molar-refractivity contribution >= 4 is 11.5 Å². The van der Waals surface area contributed by atoms with E-state index in [1.807, 2.05) is 20.0 Å². The van der Waals surface area contributed by atoms with Gasteiger partial charge >= 0.3 is 5.69 Å². The molecule has 0 aromatic carbocycles. The second kappa shape index (κ2) is 5.47. The van der Waals surface area contributed by atoms with Gasteiger partial charge in [0.15, 0.2) is 0 Å². The van der Waals surface area contributed by atoms with Crippen molar-refractivity contribution in [3.63, 3.8) is 0 Å². The molecule has 0 saturated heterocycles. The summed E-state index contributed by atoms with van der Waals surface area (Å²) >= 11 is 0. The predicted molar refractivity (Wildman–Crippen MR) is 81.5 cm³/mol. The summed E-state index contributed by atoms with van der Waals surface area (Å²) in [5.74, 6) is 0.168. The third-order valence-corrected chi connectivity index (χ3v) is 3.48. The number of hydrogen-bond acceptors (Lipinski definition) is 5. The van der Waals surface area contributed by atoms with Crippen molar-refractivity contribution < 1.29 is 0 Å². The first-order chi connectivity index (χ1) is 9.85. The lowest BCUT2D eigenvalue weighted by atomic mass is 10.3. The van der Waals surface area contributed by atoms with Crippen molar-refractivity contribution in [1.29, 1.82) is 0 Å². The molecule has 21 heavy (non-hydrogen) atoms. The average molecular weight is 292 g/mol. The predicted octanol–water partition coefficient (Wildman–Crippen LogP) is -0.183. The number of aryl methyl sites for hydroxylation is 2. The highest BCUT2D eigenvalue weighted by molar-refractivity contribution is 5.61. The molecule has 0 amide bonds. The minimum Gasteiger partial charge on any atom is -0.383 e. The maximum absolute atomic E-state index is 12.0. The molecule has 0 aliphatic heterocycles. The number of nitrogens with zero attached hydrogens (tertiary/aromatic N) is 4. The van der Waals surface area contributed by atoms with Gasteiger partial charge in [0, 0.05) is 26.3 Å². The van der Waals surface area contributed by atoms with Crippen LogP contribution in [0, 0.1) is 6.92 Å². The Morgan fingerprint density at radius 1 is 1.43 bits per heavy atom. The van der Waals surface area contributed by atoms with Gasteiger partial charge in [-0.25, -0.2) is 4.79 Å². The standard InChI is InChI=1S/C13H20N6O2/c1-5-19-11(14)10(12(20)15-13(19)21)17(3)7-9-6-8(2)18(4)16-9/h6H,5,7,14H2,1-4H3,(H,15,20,21). The van der Waals surface area contributed by atoms with Gasteiger partial charge in [-0.1, -0.05) is 0 Å². The highest BCUT2D eigenvalue weighted by Gasteiger charge is 2.16. The van der Waals surface area contributed by atoms with Gasteiger partial charge in [0.2, 0.25) is 0 Å². The van der Waals surface area contributed by atoms with E-state index in [9.17, 15) is 9.59 Å². The van der Waals surface area contributed by atoms with Crippen LogP contribution in [0.25, 0.3) is 0 Å². The fourth-order valence-corrected chi connectivity index (χ4v) is 2.29. The summed E-state index contributed by atoms with van der Waals surface area (Å²) in [5.41, 5.74) is 7.11.